The highest BCUT2D eigenvalue weighted by Crippen LogP contribution is 2.27. The molecule has 1 aliphatic heterocycles. The lowest BCUT2D eigenvalue weighted by Gasteiger charge is -2.35. The van der Waals surface area contributed by atoms with Gasteiger partial charge in [-0.05, 0) is 39.8 Å². The Labute approximate surface area is 146 Å². The van der Waals surface area contributed by atoms with E-state index in [1.54, 1.807) is 20.8 Å². The topological polar surface area (TPSA) is 65.4 Å². The molecule has 1 N–H and O–H groups in total. The van der Waals surface area contributed by atoms with Gasteiger partial charge in [-0.15, -0.1) is 0 Å². The second kappa shape index (κ2) is 7.36. The number of ether oxygens (including phenoxy) is 1. The number of hydrogen-bond acceptors (Lipinski definition) is 4. The summed E-state index contributed by atoms with van der Waals surface area (Å²) in [7, 11) is 0. The van der Waals surface area contributed by atoms with Crippen LogP contribution in [0.2, 0.25) is 0 Å². The third-order valence-electron chi connectivity index (χ3n) is 3.98. The van der Waals surface area contributed by atoms with Crippen LogP contribution >= 0.6 is 0 Å². The maximum absolute atomic E-state index is 14.5. The highest BCUT2D eigenvalue weighted by atomic mass is 19.1. The summed E-state index contributed by atoms with van der Waals surface area (Å²) in [4.78, 5) is 13.7. The van der Waals surface area contributed by atoms with E-state index < -0.39 is 35.3 Å². The smallest absolute Gasteiger partial charge is 0.410 e. The van der Waals surface area contributed by atoms with Crippen molar-refractivity contribution in [3.8, 4) is 6.07 Å². The molecule has 1 aromatic carbocycles. The molecule has 0 aliphatic carbocycles. The number of nitrogens with zero attached hydrogens (tertiary/aromatic N) is 2. The van der Waals surface area contributed by atoms with Gasteiger partial charge >= 0.3 is 6.09 Å². The Morgan fingerprint density at radius 3 is 2.68 bits per heavy atom. The summed E-state index contributed by atoms with van der Waals surface area (Å²) >= 11 is 0. The van der Waals surface area contributed by atoms with E-state index in [9.17, 15) is 13.6 Å². The summed E-state index contributed by atoms with van der Waals surface area (Å²) in [5, 5.41) is 12.0. The maximum atomic E-state index is 14.5. The van der Waals surface area contributed by atoms with E-state index in [4.69, 9.17) is 10.00 Å². The Morgan fingerprint density at radius 2 is 2.08 bits per heavy atom. The van der Waals surface area contributed by atoms with Crippen LogP contribution in [0.5, 0.6) is 0 Å². The van der Waals surface area contributed by atoms with Crippen LogP contribution in [-0.2, 0) is 4.74 Å². The predicted octanol–water partition coefficient (Wildman–Crippen LogP) is 3.47. The van der Waals surface area contributed by atoms with Gasteiger partial charge in [-0.25, -0.2) is 13.6 Å². The molecule has 2 unspecified atom stereocenters. The van der Waals surface area contributed by atoms with E-state index in [2.05, 4.69) is 5.32 Å². The van der Waals surface area contributed by atoms with Crippen molar-refractivity contribution in [2.24, 2.45) is 0 Å². The van der Waals surface area contributed by atoms with Crippen molar-refractivity contribution in [3.05, 3.63) is 34.9 Å². The quantitative estimate of drug-likeness (QED) is 0.886. The van der Waals surface area contributed by atoms with Crippen molar-refractivity contribution < 1.29 is 18.3 Å². The van der Waals surface area contributed by atoms with Crippen LogP contribution in [0.25, 0.3) is 0 Å². The molecule has 136 valence electrons. The van der Waals surface area contributed by atoms with Gasteiger partial charge in [0.2, 0.25) is 0 Å². The first-order valence-electron chi connectivity index (χ1n) is 8.22. The van der Waals surface area contributed by atoms with Gasteiger partial charge < -0.3 is 15.0 Å². The van der Waals surface area contributed by atoms with Crippen molar-refractivity contribution in [2.75, 3.05) is 19.6 Å². The number of rotatable bonds is 2. The number of halogens is 2. The van der Waals surface area contributed by atoms with Crippen LogP contribution in [0.15, 0.2) is 12.1 Å². The number of nitrogens with one attached hydrogen (secondary N) is 1. The molecule has 1 aromatic rings. The second-order valence-corrected chi connectivity index (χ2v) is 7.18. The molecule has 2 atom stereocenters. The van der Waals surface area contributed by atoms with E-state index in [-0.39, 0.29) is 17.7 Å². The predicted molar refractivity (Wildman–Crippen MR) is 88.9 cm³/mol. The van der Waals surface area contributed by atoms with Crippen LogP contribution in [0.3, 0.4) is 0 Å². The Morgan fingerprint density at radius 1 is 1.40 bits per heavy atom. The van der Waals surface area contributed by atoms with E-state index in [1.165, 1.54) is 11.8 Å². The van der Waals surface area contributed by atoms with Gasteiger partial charge in [-0.1, -0.05) is 0 Å². The number of piperazine rings is 1. The minimum atomic E-state index is -0.735. The fourth-order valence-corrected chi connectivity index (χ4v) is 2.70. The Balaban J connectivity index is 2.20. The molecule has 0 aromatic heterocycles. The molecule has 0 saturated carbocycles. The molecule has 0 spiro atoms. The Kier molecular flexibility index (Phi) is 5.63. The zero-order valence-electron chi connectivity index (χ0n) is 14.9. The zero-order valence-corrected chi connectivity index (χ0v) is 14.9. The molecule has 7 heteroatoms. The standard InChI is InChI=1S/C18H23F2N3O2/c1-11(9-21)12-7-15(20)13(8-14(12)19)16-10-23(6-5-22-16)17(24)25-18(2,3)4/h7-8,11,16,22H,5-6,10H2,1-4H3. The molecule has 1 aliphatic rings. The lowest BCUT2D eigenvalue weighted by atomic mass is 9.96. The average Bonchev–Trinajstić information content (AvgIpc) is 2.54. The molecule has 0 bridgehead atoms. The first-order valence-corrected chi connectivity index (χ1v) is 8.22. The highest BCUT2D eigenvalue weighted by Gasteiger charge is 2.30. The molecule has 25 heavy (non-hydrogen) atoms. The van der Waals surface area contributed by atoms with E-state index in [0.29, 0.717) is 13.1 Å². The molecule has 0 radical (unpaired) electrons. The van der Waals surface area contributed by atoms with E-state index >= 15 is 0 Å². The lowest BCUT2D eigenvalue weighted by molar-refractivity contribution is 0.0193. The summed E-state index contributed by atoms with van der Waals surface area (Å²) in [6, 6.07) is 3.53. The Bertz CT molecular complexity index is 695. The van der Waals surface area contributed by atoms with Crippen LogP contribution in [-0.4, -0.2) is 36.2 Å². The minimum absolute atomic E-state index is 0.0311. The second-order valence-electron chi connectivity index (χ2n) is 7.18. The molecular formula is C18H23F2N3O2. The van der Waals surface area contributed by atoms with Crippen molar-refractivity contribution >= 4 is 6.09 Å². The van der Waals surface area contributed by atoms with Gasteiger partial charge in [0.25, 0.3) is 0 Å². The number of carbonyl (C=O) groups excluding carboxylic acids is 1. The van der Waals surface area contributed by atoms with Gasteiger partial charge in [0.1, 0.15) is 17.2 Å². The number of carbonyl (C=O) groups is 1. The molecule has 1 fully saturated rings. The van der Waals surface area contributed by atoms with Crippen molar-refractivity contribution in [3.63, 3.8) is 0 Å². The summed E-state index contributed by atoms with van der Waals surface area (Å²) in [5.41, 5.74) is -0.452. The maximum Gasteiger partial charge on any atom is 0.410 e. The fraction of sp³-hybridized carbons (Fsp3) is 0.556. The molecular weight excluding hydrogens is 328 g/mol. The SMILES string of the molecule is CC(C#N)c1cc(F)c(C2CN(C(=O)OC(C)(C)C)CCN2)cc1F. The summed E-state index contributed by atoms with van der Waals surface area (Å²) in [5.74, 6) is -1.95. The van der Waals surface area contributed by atoms with Crippen molar-refractivity contribution in [1.82, 2.24) is 10.2 Å². The van der Waals surface area contributed by atoms with E-state index in [0.717, 1.165) is 12.1 Å². The third kappa shape index (κ3) is 4.67. The zero-order chi connectivity index (χ0) is 18.8. The van der Waals surface area contributed by atoms with Gasteiger partial charge in [0, 0.05) is 30.8 Å². The molecule has 1 heterocycles. The minimum Gasteiger partial charge on any atom is -0.444 e. The fourth-order valence-electron chi connectivity index (χ4n) is 2.70. The highest BCUT2D eigenvalue weighted by molar-refractivity contribution is 5.68. The number of hydrogen-bond donors (Lipinski definition) is 1. The largest absolute Gasteiger partial charge is 0.444 e. The summed E-state index contributed by atoms with van der Waals surface area (Å²) in [6.45, 7) is 7.89. The van der Waals surface area contributed by atoms with E-state index in [1.807, 2.05) is 6.07 Å². The van der Waals surface area contributed by atoms with Crippen LogP contribution in [0.1, 0.15) is 50.8 Å². The third-order valence-corrected chi connectivity index (χ3v) is 3.98. The van der Waals surface area contributed by atoms with Gasteiger partial charge in [-0.2, -0.15) is 5.26 Å². The normalized spacial score (nSPS) is 19.2. The number of benzene rings is 1. The first kappa shape index (κ1) is 19.1. The number of amides is 1. The van der Waals surface area contributed by atoms with Crippen LogP contribution in [0.4, 0.5) is 13.6 Å². The molecule has 2 rings (SSSR count). The molecule has 1 saturated heterocycles. The monoisotopic (exact) mass is 351 g/mol. The van der Waals surface area contributed by atoms with Crippen LogP contribution in [0, 0.1) is 23.0 Å². The first-order chi connectivity index (χ1) is 11.6. The summed E-state index contributed by atoms with van der Waals surface area (Å²) in [6.07, 6.45) is -0.477. The van der Waals surface area contributed by atoms with Gasteiger partial charge in [0.15, 0.2) is 0 Å². The average molecular weight is 351 g/mol. The van der Waals surface area contributed by atoms with Gasteiger partial charge in [-0.3, -0.25) is 0 Å². The number of nitriles is 1. The lowest BCUT2D eigenvalue weighted by Crippen LogP contribution is -2.49. The van der Waals surface area contributed by atoms with Gasteiger partial charge in [0.05, 0.1) is 18.0 Å². The molecule has 5 nitrogen and oxygen atoms in total. The molecule has 1 amide bonds. The van der Waals surface area contributed by atoms with Crippen molar-refractivity contribution in [1.29, 1.82) is 5.26 Å². The Hall–Kier alpha value is -2.20. The summed E-state index contributed by atoms with van der Waals surface area (Å²) < 4.78 is 34.0. The van der Waals surface area contributed by atoms with Crippen LogP contribution < -0.4 is 5.32 Å². The van der Waals surface area contributed by atoms with Crippen molar-refractivity contribution in [2.45, 2.75) is 45.3 Å².